The van der Waals surface area contributed by atoms with Gasteiger partial charge in [-0.05, 0) is 41.7 Å². The average Bonchev–Trinajstić information content (AvgIpc) is 2.42. The Balaban J connectivity index is 1.86. The lowest BCUT2D eigenvalue weighted by Gasteiger charge is -2.07. The number of hydrogen-bond donors (Lipinski definition) is 1. The fraction of sp³-hybridized carbons (Fsp3) is 0.312. The Kier molecular flexibility index (Phi) is 4.48. The summed E-state index contributed by atoms with van der Waals surface area (Å²) >= 11 is 0. The third-order valence-corrected chi connectivity index (χ3v) is 3.21. The van der Waals surface area contributed by atoms with E-state index in [9.17, 15) is 0 Å². The second-order valence-electron chi connectivity index (χ2n) is 4.58. The largest absolute Gasteiger partial charge is 0.309 e. The van der Waals surface area contributed by atoms with Gasteiger partial charge >= 0.3 is 0 Å². The van der Waals surface area contributed by atoms with Crippen molar-refractivity contribution in [1.29, 1.82) is 0 Å². The number of aromatic nitrogens is 1. The molecule has 94 valence electrons. The molecule has 0 aliphatic rings. The molecule has 0 spiro atoms. The van der Waals surface area contributed by atoms with Crippen LogP contribution in [0.25, 0.3) is 0 Å². The Morgan fingerprint density at radius 3 is 2.39 bits per heavy atom. The molecule has 0 radical (unpaired) electrons. The van der Waals surface area contributed by atoms with Crippen LogP contribution in [0.15, 0.2) is 42.7 Å². The molecule has 2 rings (SSSR count). The highest BCUT2D eigenvalue weighted by molar-refractivity contribution is 5.23. The van der Waals surface area contributed by atoms with Gasteiger partial charge in [0.15, 0.2) is 0 Å². The number of nitrogens with zero attached hydrogens (tertiary/aromatic N) is 1. The van der Waals surface area contributed by atoms with Crippen molar-refractivity contribution in [2.24, 2.45) is 0 Å². The van der Waals surface area contributed by atoms with Crippen LogP contribution in [0.4, 0.5) is 0 Å². The molecule has 0 unspecified atom stereocenters. The molecule has 2 nitrogen and oxygen atoms in total. The highest BCUT2D eigenvalue weighted by atomic mass is 14.8. The van der Waals surface area contributed by atoms with Crippen molar-refractivity contribution in [2.45, 2.75) is 33.4 Å². The predicted molar refractivity (Wildman–Crippen MR) is 75.3 cm³/mol. The molecule has 0 aliphatic heterocycles. The summed E-state index contributed by atoms with van der Waals surface area (Å²) in [6.45, 7) is 6.08. The normalized spacial score (nSPS) is 10.6. The molecule has 18 heavy (non-hydrogen) atoms. The predicted octanol–water partition coefficient (Wildman–Crippen LogP) is 3.24. The van der Waals surface area contributed by atoms with Crippen molar-refractivity contribution in [3.63, 3.8) is 0 Å². The van der Waals surface area contributed by atoms with Crippen molar-refractivity contribution in [3.05, 3.63) is 65.0 Å². The van der Waals surface area contributed by atoms with Crippen LogP contribution in [-0.2, 0) is 19.5 Å². The highest BCUT2D eigenvalue weighted by Gasteiger charge is 1.98. The molecular formula is C16H20N2. The zero-order valence-corrected chi connectivity index (χ0v) is 11.1. The molecule has 0 fully saturated rings. The van der Waals surface area contributed by atoms with Gasteiger partial charge in [-0.2, -0.15) is 0 Å². The first-order chi connectivity index (χ1) is 8.79. The molecule has 1 aromatic heterocycles. The van der Waals surface area contributed by atoms with Gasteiger partial charge in [-0.1, -0.05) is 31.2 Å². The van der Waals surface area contributed by atoms with E-state index in [1.54, 1.807) is 0 Å². The monoisotopic (exact) mass is 240 g/mol. The van der Waals surface area contributed by atoms with Crippen LogP contribution in [-0.4, -0.2) is 4.98 Å². The van der Waals surface area contributed by atoms with Crippen LogP contribution in [0.2, 0.25) is 0 Å². The van der Waals surface area contributed by atoms with E-state index in [0.717, 1.165) is 19.5 Å². The average molecular weight is 240 g/mol. The third-order valence-electron chi connectivity index (χ3n) is 3.21. The standard InChI is InChI=1S/C16H20N2/c1-3-14-4-6-15(7-5-14)11-18-12-16-8-9-17-10-13(16)2/h4-10,18H,3,11-12H2,1-2H3. The number of rotatable bonds is 5. The molecule has 0 saturated carbocycles. The zero-order chi connectivity index (χ0) is 12.8. The zero-order valence-electron chi connectivity index (χ0n) is 11.1. The van der Waals surface area contributed by atoms with Crippen LogP contribution in [0.3, 0.4) is 0 Å². The molecule has 0 atom stereocenters. The van der Waals surface area contributed by atoms with Gasteiger partial charge in [0.25, 0.3) is 0 Å². The first kappa shape index (κ1) is 12.8. The van der Waals surface area contributed by atoms with Gasteiger partial charge in [-0.3, -0.25) is 4.98 Å². The smallest absolute Gasteiger partial charge is 0.0300 e. The molecule has 0 bridgehead atoms. The van der Waals surface area contributed by atoms with Gasteiger partial charge in [-0.15, -0.1) is 0 Å². The van der Waals surface area contributed by atoms with E-state index in [1.165, 1.54) is 22.3 Å². The van der Waals surface area contributed by atoms with E-state index in [2.05, 4.69) is 54.5 Å². The molecule has 1 heterocycles. The summed E-state index contributed by atoms with van der Waals surface area (Å²) in [5.74, 6) is 0. The number of pyridine rings is 1. The summed E-state index contributed by atoms with van der Waals surface area (Å²) in [6.07, 6.45) is 4.86. The minimum Gasteiger partial charge on any atom is -0.309 e. The van der Waals surface area contributed by atoms with Crippen LogP contribution >= 0.6 is 0 Å². The maximum atomic E-state index is 4.10. The van der Waals surface area contributed by atoms with E-state index < -0.39 is 0 Å². The Bertz CT molecular complexity index is 489. The summed E-state index contributed by atoms with van der Waals surface area (Å²) < 4.78 is 0. The summed E-state index contributed by atoms with van der Waals surface area (Å²) in [5.41, 5.74) is 5.28. The molecule has 0 aliphatic carbocycles. The number of nitrogens with one attached hydrogen (secondary N) is 1. The summed E-state index contributed by atoms with van der Waals surface area (Å²) in [6, 6.07) is 10.9. The molecule has 1 N–H and O–H groups in total. The molecule has 2 aromatic rings. The molecule has 0 amide bonds. The Hall–Kier alpha value is -1.67. The van der Waals surface area contributed by atoms with Gasteiger partial charge in [0.2, 0.25) is 0 Å². The van der Waals surface area contributed by atoms with Crippen LogP contribution in [0.1, 0.15) is 29.2 Å². The maximum absolute atomic E-state index is 4.10. The lowest BCUT2D eigenvalue weighted by molar-refractivity contribution is 0.689. The number of hydrogen-bond acceptors (Lipinski definition) is 2. The van der Waals surface area contributed by atoms with E-state index in [1.807, 2.05) is 12.4 Å². The minimum atomic E-state index is 0.893. The number of aryl methyl sites for hydroxylation is 2. The Labute approximate surface area is 109 Å². The van der Waals surface area contributed by atoms with Crippen molar-refractivity contribution in [2.75, 3.05) is 0 Å². The van der Waals surface area contributed by atoms with Gasteiger partial charge in [0.1, 0.15) is 0 Å². The Morgan fingerprint density at radius 2 is 1.72 bits per heavy atom. The molecule has 1 aromatic carbocycles. The van der Waals surface area contributed by atoms with Crippen molar-refractivity contribution < 1.29 is 0 Å². The molecule has 2 heteroatoms. The molecular weight excluding hydrogens is 220 g/mol. The quantitative estimate of drug-likeness (QED) is 0.868. The topological polar surface area (TPSA) is 24.9 Å². The first-order valence-corrected chi connectivity index (χ1v) is 6.47. The van der Waals surface area contributed by atoms with Crippen molar-refractivity contribution >= 4 is 0 Å². The SMILES string of the molecule is CCc1ccc(CNCc2ccncc2C)cc1. The summed E-state index contributed by atoms with van der Waals surface area (Å²) in [4.78, 5) is 4.10. The van der Waals surface area contributed by atoms with Crippen molar-refractivity contribution in [3.8, 4) is 0 Å². The molecule has 0 saturated heterocycles. The fourth-order valence-electron chi connectivity index (χ4n) is 1.93. The second-order valence-corrected chi connectivity index (χ2v) is 4.58. The summed E-state index contributed by atoms with van der Waals surface area (Å²) in [5, 5.41) is 3.47. The third kappa shape index (κ3) is 3.41. The van der Waals surface area contributed by atoms with Gasteiger partial charge in [0.05, 0.1) is 0 Å². The van der Waals surface area contributed by atoms with Crippen LogP contribution in [0, 0.1) is 6.92 Å². The van der Waals surface area contributed by atoms with Gasteiger partial charge in [-0.25, -0.2) is 0 Å². The van der Waals surface area contributed by atoms with Crippen LogP contribution in [0.5, 0.6) is 0 Å². The lowest BCUT2D eigenvalue weighted by atomic mass is 10.1. The minimum absolute atomic E-state index is 0.893. The van der Waals surface area contributed by atoms with E-state index in [-0.39, 0.29) is 0 Å². The van der Waals surface area contributed by atoms with E-state index in [4.69, 9.17) is 0 Å². The van der Waals surface area contributed by atoms with Gasteiger partial charge in [0, 0.05) is 25.5 Å². The van der Waals surface area contributed by atoms with E-state index in [0.29, 0.717) is 0 Å². The Morgan fingerprint density at radius 1 is 1.00 bits per heavy atom. The lowest BCUT2D eigenvalue weighted by Crippen LogP contribution is -2.13. The van der Waals surface area contributed by atoms with Crippen molar-refractivity contribution in [1.82, 2.24) is 10.3 Å². The highest BCUT2D eigenvalue weighted by Crippen LogP contribution is 2.07. The maximum Gasteiger partial charge on any atom is 0.0300 e. The van der Waals surface area contributed by atoms with E-state index >= 15 is 0 Å². The van der Waals surface area contributed by atoms with Gasteiger partial charge < -0.3 is 5.32 Å². The van der Waals surface area contributed by atoms with Crippen LogP contribution < -0.4 is 5.32 Å². The summed E-state index contributed by atoms with van der Waals surface area (Å²) in [7, 11) is 0. The second kappa shape index (κ2) is 6.31. The number of benzene rings is 1. The fourth-order valence-corrected chi connectivity index (χ4v) is 1.93. The first-order valence-electron chi connectivity index (χ1n) is 6.47.